The van der Waals surface area contributed by atoms with Crippen molar-refractivity contribution in [3.63, 3.8) is 0 Å². The summed E-state index contributed by atoms with van der Waals surface area (Å²) in [6.45, 7) is 3.98. The SMILES string of the molecule is CC(C)CC(=O)N/N=C\c1ccc(Cl)cc1. The number of hydrazone groups is 1. The average molecular weight is 239 g/mol. The fourth-order valence-electron chi connectivity index (χ4n) is 1.14. The fourth-order valence-corrected chi connectivity index (χ4v) is 1.27. The van der Waals surface area contributed by atoms with Crippen LogP contribution in [0.1, 0.15) is 25.8 Å². The van der Waals surface area contributed by atoms with Gasteiger partial charge in [-0.25, -0.2) is 5.43 Å². The number of nitrogens with one attached hydrogen (secondary N) is 1. The molecule has 0 atom stereocenters. The van der Waals surface area contributed by atoms with Crippen molar-refractivity contribution >= 4 is 23.7 Å². The van der Waals surface area contributed by atoms with Gasteiger partial charge >= 0.3 is 0 Å². The summed E-state index contributed by atoms with van der Waals surface area (Å²) in [5, 5.41) is 4.54. The van der Waals surface area contributed by atoms with Crippen LogP contribution >= 0.6 is 11.6 Å². The zero-order valence-electron chi connectivity index (χ0n) is 9.40. The molecule has 1 amide bonds. The van der Waals surface area contributed by atoms with Gasteiger partial charge in [0.15, 0.2) is 0 Å². The van der Waals surface area contributed by atoms with Crippen LogP contribution in [0.25, 0.3) is 0 Å². The van der Waals surface area contributed by atoms with Gasteiger partial charge in [-0.1, -0.05) is 37.6 Å². The summed E-state index contributed by atoms with van der Waals surface area (Å²) in [7, 11) is 0. The molecule has 0 aromatic heterocycles. The number of benzene rings is 1. The maximum Gasteiger partial charge on any atom is 0.240 e. The van der Waals surface area contributed by atoms with Crippen LogP contribution in [0.3, 0.4) is 0 Å². The highest BCUT2D eigenvalue weighted by molar-refractivity contribution is 6.30. The summed E-state index contributed by atoms with van der Waals surface area (Å²) in [6, 6.07) is 7.22. The Labute approximate surface area is 101 Å². The molecule has 1 aromatic carbocycles. The molecule has 0 aliphatic heterocycles. The Morgan fingerprint density at radius 3 is 2.62 bits per heavy atom. The van der Waals surface area contributed by atoms with Gasteiger partial charge in [-0.2, -0.15) is 5.10 Å². The number of carbonyl (C=O) groups excluding carboxylic acids is 1. The molecule has 4 heteroatoms. The quantitative estimate of drug-likeness (QED) is 0.636. The fraction of sp³-hybridized carbons (Fsp3) is 0.333. The first-order valence-corrected chi connectivity index (χ1v) is 5.53. The van der Waals surface area contributed by atoms with Crippen LogP contribution in [0.15, 0.2) is 29.4 Å². The summed E-state index contributed by atoms with van der Waals surface area (Å²) in [5.74, 6) is 0.269. The molecule has 0 aliphatic carbocycles. The van der Waals surface area contributed by atoms with Crippen molar-refractivity contribution in [2.75, 3.05) is 0 Å². The summed E-state index contributed by atoms with van der Waals surface area (Å²) < 4.78 is 0. The van der Waals surface area contributed by atoms with E-state index in [0.717, 1.165) is 5.56 Å². The van der Waals surface area contributed by atoms with Gasteiger partial charge in [-0.15, -0.1) is 0 Å². The van der Waals surface area contributed by atoms with Crippen LogP contribution in [0.2, 0.25) is 5.02 Å². The number of nitrogens with zero attached hydrogens (tertiary/aromatic N) is 1. The third-order valence-electron chi connectivity index (χ3n) is 1.87. The Bertz CT molecular complexity index is 371. The van der Waals surface area contributed by atoms with E-state index in [1.165, 1.54) is 0 Å². The zero-order valence-corrected chi connectivity index (χ0v) is 10.2. The van der Waals surface area contributed by atoms with Crippen molar-refractivity contribution in [2.45, 2.75) is 20.3 Å². The van der Waals surface area contributed by atoms with Crippen LogP contribution in [-0.2, 0) is 4.79 Å². The van der Waals surface area contributed by atoms with Crippen LogP contribution < -0.4 is 5.43 Å². The number of rotatable bonds is 4. The highest BCUT2D eigenvalue weighted by atomic mass is 35.5. The van der Waals surface area contributed by atoms with Gasteiger partial charge in [-0.05, 0) is 23.6 Å². The molecule has 0 aliphatic rings. The number of hydrogen-bond donors (Lipinski definition) is 1. The molecule has 0 saturated heterocycles. The molecule has 1 aromatic rings. The molecule has 1 N–H and O–H groups in total. The van der Waals surface area contributed by atoms with Crippen molar-refractivity contribution in [2.24, 2.45) is 11.0 Å². The van der Waals surface area contributed by atoms with Gasteiger partial charge in [0.2, 0.25) is 5.91 Å². The molecular formula is C12H15ClN2O. The maximum absolute atomic E-state index is 11.3. The van der Waals surface area contributed by atoms with Crippen LogP contribution in [0, 0.1) is 5.92 Å². The minimum absolute atomic E-state index is 0.0692. The number of amides is 1. The molecule has 16 heavy (non-hydrogen) atoms. The predicted molar refractivity (Wildman–Crippen MR) is 66.6 cm³/mol. The number of halogens is 1. The van der Waals surface area contributed by atoms with E-state index in [1.54, 1.807) is 18.3 Å². The van der Waals surface area contributed by atoms with E-state index in [-0.39, 0.29) is 5.91 Å². The minimum atomic E-state index is -0.0692. The van der Waals surface area contributed by atoms with Crippen LogP contribution in [0.4, 0.5) is 0 Å². The van der Waals surface area contributed by atoms with Gasteiger partial charge in [0.1, 0.15) is 0 Å². The molecule has 0 heterocycles. The topological polar surface area (TPSA) is 41.5 Å². The van der Waals surface area contributed by atoms with Crippen molar-refractivity contribution in [3.8, 4) is 0 Å². The van der Waals surface area contributed by atoms with Crippen LogP contribution in [-0.4, -0.2) is 12.1 Å². The Hall–Kier alpha value is -1.35. The molecule has 3 nitrogen and oxygen atoms in total. The first-order valence-electron chi connectivity index (χ1n) is 5.15. The van der Waals surface area contributed by atoms with E-state index in [1.807, 2.05) is 26.0 Å². The van der Waals surface area contributed by atoms with E-state index >= 15 is 0 Å². The van der Waals surface area contributed by atoms with Gasteiger partial charge in [0.05, 0.1) is 6.21 Å². The highest BCUT2D eigenvalue weighted by Gasteiger charge is 2.01. The lowest BCUT2D eigenvalue weighted by Crippen LogP contribution is -2.19. The maximum atomic E-state index is 11.3. The molecule has 1 rings (SSSR count). The minimum Gasteiger partial charge on any atom is -0.273 e. The normalized spacial score (nSPS) is 11.0. The van der Waals surface area contributed by atoms with Crippen molar-refractivity contribution in [1.29, 1.82) is 0 Å². The third-order valence-corrected chi connectivity index (χ3v) is 2.12. The Morgan fingerprint density at radius 1 is 1.44 bits per heavy atom. The third kappa shape index (κ3) is 4.94. The predicted octanol–water partition coefficient (Wildman–Crippen LogP) is 2.84. The first kappa shape index (κ1) is 12.7. The molecule has 0 spiro atoms. The molecule has 86 valence electrons. The van der Waals surface area contributed by atoms with Gasteiger partial charge < -0.3 is 0 Å². The Kier molecular flexibility index (Phi) is 4.99. The number of carbonyl (C=O) groups is 1. The number of hydrogen-bond acceptors (Lipinski definition) is 2. The molecule has 0 saturated carbocycles. The van der Waals surface area contributed by atoms with E-state index in [2.05, 4.69) is 10.5 Å². The van der Waals surface area contributed by atoms with E-state index in [0.29, 0.717) is 17.4 Å². The second-order valence-electron chi connectivity index (χ2n) is 3.94. The van der Waals surface area contributed by atoms with E-state index < -0.39 is 0 Å². The average Bonchev–Trinajstić information content (AvgIpc) is 2.20. The molecule has 0 bridgehead atoms. The van der Waals surface area contributed by atoms with Gasteiger partial charge in [-0.3, -0.25) is 4.79 Å². The van der Waals surface area contributed by atoms with Gasteiger partial charge in [0.25, 0.3) is 0 Å². The van der Waals surface area contributed by atoms with Crippen molar-refractivity contribution in [1.82, 2.24) is 5.43 Å². The summed E-state index contributed by atoms with van der Waals surface area (Å²) in [6.07, 6.45) is 2.08. The zero-order chi connectivity index (χ0) is 12.0. The second kappa shape index (κ2) is 6.28. The smallest absolute Gasteiger partial charge is 0.240 e. The summed E-state index contributed by atoms with van der Waals surface area (Å²) >= 11 is 5.74. The van der Waals surface area contributed by atoms with E-state index in [4.69, 9.17) is 11.6 Å². The van der Waals surface area contributed by atoms with Crippen LogP contribution in [0.5, 0.6) is 0 Å². The largest absolute Gasteiger partial charge is 0.273 e. The molecule has 0 unspecified atom stereocenters. The Morgan fingerprint density at radius 2 is 2.06 bits per heavy atom. The highest BCUT2D eigenvalue weighted by Crippen LogP contribution is 2.07. The lowest BCUT2D eigenvalue weighted by atomic mass is 10.1. The van der Waals surface area contributed by atoms with Crippen molar-refractivity contribution in [3.05, 3.63) is 34.9 Å². The summed E-state index contributed by atoms with van der Waals surface area (Å²) in [5.41, 5.74) is 3.37. The standard InChI is InChI=1S/C12H15ClN2O/c1-9(2)7-12(16)15-14-8-10-3-5-11(13)6-4-10/h3-6,8-9H,7H2,1-2H3,(H,15,16)/b14-8-. The lowest BCUT2D eigenvalue weighted by Gasteiger charge is -2.01. The molecule has 0 fully saturated rings. The summed E-state index contributed by atoms with van der Waals surface area (Å²) in [4.78, 5) is 11.3. The molecular weight excluding hydrogens is 224 g/mol. The molecule has 0 radical (unpaired) electrons. The van der Waals surface area contributed by atoms with Crippen molar-refractivity contribution < 1.29 is 4.79 Å². The van der Waals surface area contributed by atoms with E-state index in [9.17, 15) is 4.79 Å². The van der Waals surface area contributed by atoms with Gasteiger partial charge in [0, 0.05) is 11.4 Å². The lowest BCUT2D eigenvalue weighted by molar-refractivity contribution is -0.121. The first-order chi connectivity index (χ1) is 7.58. The Balaban J connectivity index is 2.43. The second-order valence-corrected chi connectivity index (χ2v) is 4.38. The monoisotopic (exact) mass is 238 g/mol.